The van der Waals surface area contributed by atoms with Crippen molar-refractivity contribution in [1.29, 1.82) is 0 Å². The van der Waals surface area contributed by atoms with E-state index in [1.54, 1.807) is 18.2 Å². The average Bonchev–Trinajstić information content (AvgIpc) is 2.26. The Morgan fingerprint density at radius 3 is 2.15 bits per heavy atom. The summed E-state index contributed by atoms with van der Waals surface area (Å²) in [5.41, 5.74) is -0.307. The molecule has 0 fully saturated rings. The smallest absolute Gasteiger partial charge is 0.230 e. The van der Waals surface area contributed by atoms with Gasteiger partial charge in [0, 0.05) is 16.7 Å². The monoisotopic (exact) mass is 276 g/mol. The highest BCUT2D eigenvalue weighted by atomic mass is 16.4. The zero-order chi connectivity index (χ0) is 15.6. The van der Waals surface area contributed by atoms with Crippen molar-refractivity contribution < 1.29 is 14.7 Å². The summed E-state index contributed by atoms with van der Waals surface area (Å²) in [6.07, 6.45) is 0.694. The van der Waals surface area contributed by atoms with Crippen molar-refractivity contribution in [2.24, 2.45) is 10.8 Å². The largest absolute Gasteiger partial charge is 0.545 e. The van der Waals surface area contributed by atoms with Crippen molar-refractivity contribution in [1.82, 2.24) is 0 Å². The maximum absolute atomic E-state index is 12.4. The molecule has 0 atom stereocenters. The lowest BCUT2D eigenvalue weighted by atomic mass is 9.75. The lowest BCUT2D eigenvalue weighted by Crippen LogP contribution is -2.35. The normalized spacial score (nSPS) is 12.1. The summed E-state index contributed by atoms with van der Waals surface area (Å²) in [4.78, 5) is 23.4. The van der Waals surface area contributed by atoms with Crippen molar-refractivity contribution in [2.75, 3.05) is 5.32 Å². The van der Waals surface area contributed by atoms with Gasteiger partial charge in [-0.2, -0.15) is 0 Å². The van der Waals surface area contributed by atoms with E-state index in [0.29, 0.717) is 6.42 Å². The van der Waals surface area contributed by atoms with Crippen LogP contribution in [-0.4, -0.2) is 11.9 Å². The molecular weight excluding hydrogens is 254 g/mol. The van der Waals surface area contributed by atoms with Crippen molar-refractivity contribution in [2.45, 2.75) is 41.0 Å². The van der Waals surface area contributed by atoms with Crippen molar-refractivity contribution in [3.8, 4) is 0 Å². The summed E-state index contributed by atoms with van der Waals surface area (Å²) < 4.78 is 0. The molecule has 1 aromatic rings. The van der Waals surface area contributed by atoms with E-state index in [9.17, 15) is 14.7 Å². The number of aromatic carboxylic acids is 1. The maximum atomic E-state index is 12.4. The second kappa shape index (κ2) is 5.65. The average molecular weight is 276 g/mol. The third-order valence-corrected chi connectivity index (χ3v) is 2.98. The zero-order valence-electron chi connectivity index (χ0n) is 12.7. The van der Waals surface area contributed by atoms with Gasteiger partial charge in [0.2, 0.25) is 5.91 Å². The van der Waals surface area contributed by atoms with Crippen LogP contribution in [0.5, 0.6) is 0 Å². The van der Waals surface area contributed by atoms with Crippen molar-refractivity contribution in [3.05, 3.63) is 29.8 Å². The second-order valence-corrected chi connectivity index (χ2v) is 6.91. The van der Waals surface area contributed by atoms with Gasteiger partial charge >= 0.3 is 0 Å². The molecule has 1 amide bonds. The number of carbonyl (C=O) groups is 2. The van der Waals surface area contributed by atoms with Gasteiger partial charge in [0.1, 0.15) is 0 Å². The van der Waals surface area contributed by atoms with E-state index < -0.39 is 11.4 Å². The molecule has 0 aliphatic rings. The van der Waals surface area contributed by atoms with Crippen molar-refractivity contribution in [3.63, 3.8) is 0 Å². The molecule has 0 unspecified atom stereocenters. The number of benzene rings is 1. The van der Waals surface area contributed by atoms with Crippen LogP contribution in [0.4, 0.5) is 5.69 Å². The van der Waals surface area contributed by atoms with Gasteiger partial charge in [-0.1, -0.05) is 52.8 Å². The molecule has 0 bridgehead atoms. The Morgan fingerprint density at radius 2 is 1.65 bits per heavy atom. The van der Waals surface area contributed by atoms with Crippen LogP contribution < -0.4 is 10.4 Å². The number of anilines is 1. The number of carboxylic acid groups (broad SMARTS) is 1. The molecule has 0 saturated carbocycles. The summed E-state index contributed by atoms with van der Waals surface area (Å²) in [6, 6.07) is 6.26. The summed E-state index contributed by atoms with van der Waals surface area (Å²) >= 11 is 0. The van der Waals surface area contributed by atoms with E-state index in [2.05, 4.69) is 26.1 Å². The van der Waals surface area contributed by atoms with Crippen LogP contribution in [0.15, 0.2) is 24.3 Å². The van der Waals surface area contributed by atoms with Crippen molar-refractivity contribution >= 4 is 17.6 Å². The minimum Gasteiger partial charge on any atom is -0.545 e. The number of rotatable bonds is 4. The highest BCUT2D eigenvalue weighted by Crippen LogP contribution is 2.34. The van der Waals surface area contributed by atoms with Crippen LogP contribution in [0, 0.1) is 10.8 Å². The molecule has 4 nitrogen and oxygen atoms in total. The molecule has 0 saturated heterocycles. The molecule has 0 heterocycles. The van der Waals surface area contributed by atoms with Crippen LogP contribution in [0.3, 0.4) is 0 Å². The number of hydrogen-bond donors (Lipinski definition) is 1. The SMILES string of the molecule is CC(C)(C)CC(C)(C)C(=O)Nc1ccccc1C(=O)[O-]. The quantitative estimate of drug-likeness (QED) is 0.918. The van der Waals surface area contributed by atoms with Gasteiger partial charge < -0.3 is 15.2 Å². The number of carboxylic acids is 1. The minimum absolute atomic E-state index is 0.00703. The van der Waals surface area contributed by atoms with E-state index in [-0.39, 0.29) is 22.6 Å². The molecule has 0 aliphatic carbocycles. The molecule has 0 aromatic heterocycles. The number of hydrogen-bond acceptors (Lipinski definition) is 3. The summed E-state index contributed by atoms with van der Waals surface area (Å²) in [5.74, 6) is -1.49. The van der Waals surface area contributed by atoms with Gasteiger partial charge in [-0.05, 0) is 17.9 Å². The van der Waals surface area contributed by atoms with Gasteiger partial charge in [-0.3, -0.25) is 4.79 Å². The van der Waals surface area contributed by atoms with Crippen LogP contribution in [0.2, 0.25) is 0 Å². The van der Waals surface area contributed by atoms with Gasteiger partial charge in [0.25, 0.3) is 0 Å². The first kappa shape index (κ1) is 16.2. The second-order valence-electron chi connectivity index (χ2n) is 6.91. The highest BCUT2D eigenvalue weighted by molar-refractivity contribution is 6.01. The number of amides is 1. The molecule has 1 aromatic carbocycles. The first-order valence-corrected chi connectivity index (χ1v) is 6.65. The van der Waals surface area contributed by atoms with E-state index >= 15 is 0 Å². The fourth-order valence-corrected chi connectivity index (χ4v) is 2.47. The lowest BCUT2D eigenvalue weighted by Gasteiger charge is -2.31. The molecular formula is C16H22NO3-. The molecule has 0 radical (unpaired) electrons. The molecule has 1 N–H and O–H groups in total. The van der Waals surface area contributed by atoms with Crippen LogP contribution in [0.1, 0.15) is 51.4 Å². The number of carbonyl (C=O) groups excluding carboxylic acids is 2. The third-order valence-electron chi connectivity index (χ3n) is 2.98. The van der Waals surface area contributed by atoms with Gasteiger partial charge in [-0.15, -0.1) is 0 Å². The van der Waals surface area contributed by atoms with Crippen LogP contribution >= 0.6 is 0 Å². The first-order chi connectivity index (χ1) is 9.03. The standard InChI is InChI=1S/C16H23NO3/c1-15(2,3)10-16(4,5)14(20)17-12-9-7-6-8-11(12)13(18)19/h6-9H,10H2,1-5H3,(H,17,20)(H,18,19)/p-1. The predicted molar refractivity (Wildman–Crippen MR) is 77.3 cm³/mol. The van der Waals surface area contributed by atoms with Crippen LogP contribution in [0.25, 0.3) is 0 Å². The molecule has 0 aliphatic heterocycles. The minimum atomic E-state index is -1.30. The molecule has 110 valence electrons. The zero-order valence-corrected chi connectivity index (χ0v) is 12.7. The van der Waals surface area contributed by atoms with Crippen LogP contribution in [-0.2, 0) is 4.79 Å². The third kappa shape index (κ3) is 4.37. The summed E-state index contributed by atoms with van der Waals surface area (Å²) in [5, 5.41) is 13.7. The Morgan fingerprint density at radius 1 is 1.10 bits per heavy atom. The molecule has 1 rings (SSSR count). The van der Waals surface area contributed by atoms with E-state index in [1.807, 2.05) is 13.8 Å². The molecule has 4 heteroatoms. The van der Waals surface area contributed by atoms with E-state index in [0.717, 1.165) is 0 Å². The Bertz CT molecular complexity index is 513. The van der Waals surface area contributed by atoms with Gasteiger partial charge in [-0.25, -0.2) is 0 Å². The fraction of sp³-hybridized carbons (Fsp3) is 0.500. The number of nitrogens with one attached hydrogen (secondary N) is 1. The Hall–Kier alpha value is -1.84. The maximum Gasteiger partial charge on any atom is 0.230 e. The summed E-state index contributed by atoms with van der Waals surface area (Å²) in [6.45, 7) is 9.91. The van der Waals surface area contributed by atoms with Gasteiger partial charge in [0.15, 0.2) is 0 Å². The molecule has 0 spiro atoms. The van der Waals surface area contributed by atoms with Gasteiger partial charge in [0.05, 0.1) is 5.97 Å². The molecule has 20 heavy (non-hydrogen) atoms. The predicted octanol–water partition coefficient (Wildman–Crippen LogP) is 2.45. The summed E-state index contributed by atoms with van der Waals surface area (Å²) in [7, 11) is 0. The lowest BCUT2D eigenvalue weighted by molar-refractivity contribution is -0.254. The highest BCUT2D eigenvalue weighted by Gasteiger charge is 2.32. The topological polar surface area (TPSA) is 69.2 Å². The van der Waals surface area contributed by atoms with E-state index in [1.165, 1.54) is 6.07 Å². The Kier molecular flexibility index (Phi) is 4.58. The Labute approximate surface area is 120 Å². The van der Waals surface area contributed by atoms with E-state index in [4.69, 9.17) is 0 Å². The first-order valence-electron chi connectivity index (χ1n) is 6.65. The Balaban J connectivity index is 2.94. The number of para-hydroxylation sites is 1. The fourth-order valence-electron chi connectivity index (χ4n) is 2.47.